The van der Waals surface area contributed by atoms with Gasteiger partial charge in [-0.15, -0.1) is 0 Å². The van der Waals surface area contributed by atoms with Crippen LogP contribution in [-0.4, -0.2) is 9.97 Å². The maximum absolute atomic E-state index is 4.34. The molecule has 4 heteroatoms. The van der Waals surface area contributed by atoms with E-state index in [1.54, 1.807) is 0 Å². The second kappa shape index (κ2) is 4.78. The van der Waals surface area contributed by atoms with Crippen molar-refractivity contribution in [2.45, 2.75) is 13.8 Å². The molecule has 0 aliphatic rings. The van der Waals surface area contributed by atoms with Crippen molar-refractivity contribution in [2.24, 2.45) is 0 Å². The predicted molar refractivity (Wildman–Crippen MR) is 73.9 cm³/mol. The molecule has 16 heavy (non-hydrogen) atoms. The number of anilines is 2. The Kier molecular flexibility index (Phi) is 3.38. The van der Waals surface area contributed by atoms with Crippen molar-refractivity contribution in [2.75, 3.05) is 5.32 Å². The molecule has 0 aliphatic carbocycles. The third kappa shape index (κ3) is 2.69. The molecule has 1 aromatic carbocycles. The topological polar surface area (TPSA) is 37.8 Å². The van der Waals surface area contributed by atoms with Crippen LogP contribution in [0.2, 0.25) is 0 Å². The van der Waals surface area contributed by atoms with Crippen molar-refractivity contribution in [3.8, 4) is 0 Å². The van der Waals surface area contributed by atoms with E-state index >= 15 is 0 Å². The zero-order chi connectivity index (χ0) is 11.5. The van der Waals surface area contributed by atoms with Crippen LogP contribution in [0.3, 0.4) is 0 Å². The van der Waals surface area contributed by atoms with E-state index in [1.807, 2.05) is 44.2 Å². The Balaban J connectivity index is 2.30. The molecule has 0 bridgehead atoms. The monoisotopic (exact) mass is 325 g/mol. The quantitative estimate of drug-likeness (QED) is 0.860. The summed E-state index contributed by atoms with van der Waals surface area (Å²) >= 11 is 2.29. The first-order valence-corrected chi connectivity index (χ1v) is 6.07. The van der Waals surface area contributed by atoms with Gasteiger partial charge in [-0.05, 0) is 54.6 Å². The van der Waals surface area contributed by atoms with Crippen LogP contribution in [0.25, 0.3) is 0 Å². The van der Waals surface area contributed by atoms with Crippen LogP contribution in [0.5, 0.6) is 0 Å². The molecule has 1 N–H and O–H groups in total. The molecule has 82 valence electrons. The molecular formula is C12H12IN3. The lowest BCUT2D eigenvalue weighted by Gasteiger charge is -2.07. The first kappa shape index (κ1) is 11.3. The average Bonchev–Trinajstić information content (AvgIpc) is 2.20. The van der Waals surface area contributed by atoms with E-state index in [2.05, 4.69) is 37.9 Å². The van der Waals surface area contributed by atoms with E-state index < -0.39 is 0 Å². The summed E-state index contributed by atoms with van der Waals surface area (Å²) in [6.07, 6.45) is 0. The highest BCUT2D eigenvalue weighted by Gasteiger charge is 2.02. The Labute approximate surface area is 108 Å². The third-order valence-corrected chi connectivity index (χ3v) is 3.04. The molecule has 3 nitrogen and oxygen atoms in total. The normalized spacial score (nSPS) is 10.2. The van der Waals surface area contributed by atoms with E-state index in [0.29, 0.717) is 5.95 Å². The van der Waals surface area contributed by atoms with Gasteiger partial charge in [0.2, 0.25) is 5.95 Å². The van der Waals surface area contributed by atoms with Crippen molar-refractivity contribution in [1.82, 2.24) is 9.97 Å². The summed E-state index contributed by atoms with van der Waals surface area (Å²) in [6, 6.07) is 10.0. The first-order valence-electron chi connectivity index (χ1n) is 4.99. The van der Waals surface area contributed by atoms with Gasteiger partial charge < -0.3 is 5.32 Å². The largest absolute Gasteiger partial charge is 0.323 e. The minimum atomic E-state index is 0.654. The van der Waals surface area contributed by atoms with Gasteiger partial charge in [-0.2, -0.15) is 0 Å². The van der Waals surface area contributed by atoms with Gasteiger partial charge >= 0.3 is 0 Å². The number of aromatic nitrogens is 2. The highest BCUT2D eigenvalue weighted by molar-refractivity contribution is 14.1. The van der Waals surface area contributed by atoms with Gasteiger partial charge in [-0.1, -0.05) is 12.1 Å². The van der Waals surface area contributed by atoms with Gasteiger partial charge in [0.05, 0.1) is 5.69 Å². The van der Waals surface area contributed by atoms with E-state index in [-0.39, 0.29) is 0 Å². The highest BCUT2D eigenvalue weighted by Crippen LogP contribution is 2.20. The van der Waals surface area contributed by atoms with Crippen LogP contribution in [0.1, 0.15) is 11.4 Å². The third-order valence-electron chi connectivity index (χ3n) is 2.10. The molecule has 0 unspecified atom stereocenters. The van der Waals surface area contributed by atoms with Crippen LogP contribution < -0.4 is 5.32 Å². The standard InChI is InChI=1S/C12H12IN3/c1-8-7-9(2)15-12(14-8)16-11-6-4-3-5-10(11)13/h3-7H,1-2H3,(H,14,15,16). The molecule has 0 atom stereocenters. The fraction of sp³-hybridized carbons (Fsp3) is 0.167. The van der Waals surface area contributed by atoms with Gasteiger partial charge in [-0.3, -0.25) is 0 Å². The van der Waals surface area contributed by atoms with Gasteiger partial charge in [0.25, 0.3) is 0 Å². The maximum atomic E-state index is 4.34. The maximum Gasteiger partial charge on any atom is 0.227 e. The van der Waals surface area contributed by atoms with Gasteiger partial charge in [0.15, 0.2) is 0 Å². The summed E-state index contributed by atoms with van der Waals surface area (Å²) in [7, 11) is 0. The summed E-state index contributed by atoms with van der Waals surface area (Å²) in [5.74, 6) is 0.654. The minimum absolute atomic E-state index is 0.654. The Morgan fingerprint density at radius 3 is 2.31 bits per heavy atom. The van der Waals surface area contributed by atoms with E-state index in [4.69, 9.17) is 0 Å². The van der Waals surface area contributed by atoms with Crippen LogP contribution in [0.15, 0.2) is 30.3 Å². The lowest BCUT2D eigenvalue weighted by molar-refractivity contribution is 1.06. The molecule has 2 aromatic rings. The second-order valence-corrected chi connectivity index (χ2v) is 4.74. The predicted octanol–water partition coefficient (Wildman–Crippen LogP) is 3.44. The fourth-order valence-electron chi connectivity index (χ4n) is 1.46. The van der Waals surface area contributed by atoms with Crippen LogP contribution in [-0.2, 0) is 0 Å². The number of hydrogen-bond acceptors (Lipinski definition) is 3. The zero-order valence-corrected chi connectivity index (χ0v) is 11.3. The molecular weight excluding hydrogens is 313 g/mol. The van der Waals surface area contributed by atoms with Crippen LogP contribution in [0.4, 0.5) is 11.6 Å². The molecule has 0 radical (unpaired) electrons. The summed E-state index contributed by atoms with van der Waals surface area (Å²) in [4.78, 5) is 8.69. The average molecular weight is 325 g/mol. The Morgan fingerprint density at radius 1 is 1.06 bits per heavy atom. The highest BCUT2D eigenvalue weighted by atomic mass is 127. The smallest absolute Gasteiger partial charge is 0.227 e. The van der Waals surface area contributed by atoms with Gasteiger partial charge in [0.1, 0.15) is 0 Å². The van der Waals surface area contributed by atoms with E-state index in [1.165, 1.54) is 0 Å². The molecule has 0 aliphatic heterocycles. The molecule has 0 amide bonds. The number of nitrogens with one attached hydrogen (secondary N) is 1. The number of aryl methyl sites for hydroxylation is 2. The number of rotatable bonds is 2. The SMILES string of the molecule is Cc1cc(C)nc(Nc2ccccc2I)n1. The minimum Gasteiger partial charge on any atom is -0.323 e. The second-order valence-electron chi connectivity index (χ2n) is 3.58. The summed E-state index contributed by atoms with van der Waals surface area (Å²) in [5, 5.41) is 3.22. The zero-order valence-electron chi connectivity index (χ0n) is 9.16. The van der Waals surface area contributed by atoms with Crippen LogP contribution in [0, 0.1) is 17.4 Å². The number of para-hydroxylation sites is 1. The molecule has 1 aromatic heterocycles. The van der Waals surface area contributed by atoms with Gasteiger partial charge in [-0.25, -0.2) is 9.97 Å². The molecule has 0 saturated heterocycles. The van der Waals surface area contributed by atoms with E-state index in [0.717, 1.165) is 20.6 Å². The number of hydrogen-bond donors (Lipinski definition) is 1. The Bertz CT molecular complexity index is 491. The fourth-order valence-corrected chi connectivity index (χ4v) is 1.99. The van der Waals surface area contributed by atoms with Crippen LogP contribution >= 0.6 is 22.6 Å². The number of halogens is 1. The molecule has 2 rings (SSSR count). The summed E-state index contributed by atoms with van der Waals surface area (Å²) in [6.45, 7) is 3.94. The van der Waals surface area contributed by atoms with Crippen molar-refractivity contribution in [1.29, 1.82) is 0 Å². The molecule has 0 fully saturated rings. The van der Waals surface area contributed by atoms with E-state index in [9.17, 15) is 0 Å². The number of nitrogens with zero attached hydrogens (tertiary/aromatic N) is 2. The lowest BCUT2D eigenvalue weighted by Crippen LogP contribution is -2.00. The van der Waals surface area contributed by atoms with Crippen molar-refractivity contribution < 1.29 is 0 Å². The first-order chi connectivity index (χ1) is 7.65. The molecule has 0 saturated carbocycles. The molecule has 1 heterocycles. The number of benzene rings is 1. The van der Waals surface area contributed by atoms with Crippen molar-refractivity contribution >= 4 is 34.2 Å². The molecule has 0 spiro atoms. The summed E-state index contributed by atoms with van der Waals surface area (Å²) < 4.78 is 1.16. The summed E-state index contributed by atoms with van der Waals surface area (Å²) in [5.41, 5.74) is 2.98. The van der Waals surface area contributed by atoms with Crippen molar-refractivity contribution in [3.05, 3.63) is 45.3 Å². The van der Waals surface area contributed by atoms with Gasteiger partial charge in [0, 0.05) is 15.0 Å². The van der Waals surface area contributed by atoms with Crippen molar-refractivity contribution in [3.63, 3.8) is 0 Å². The Morgan fingerprint density at radius 2 is 1.69 bits per heavy atom. The Hall–Kier alpha value is -1.17. The lowest BCUT2D eigenvalue weighted by atomic mass is 10.3.